The SMILES string of the molecule is Cc1cc(-c2ccc3[nH]c4c5c6c(cc4c3c2)C(C)C(C)c2c-6c(cc3c4cc(-c6cc(C)c(C)c(C)c6)ccc4n(-c4ccccc4)c23)C(C)C5C)cc(C)c1C. The molecule has 9 aromatic rings. The van der Waals surface area contributed by atoms with Gasteiger partial charge in [-0.3, -0.25) is 0 Å². The van der Waals surface area contributed by atoms with Gasteiger partial charge in [0.1, 0.15) is 0 Å². The van der Waals surface area contributed by atoms with Crippen LogP contribution in [0.5, 0.6) is 0 Å². The van der Waals surface area contributed by atoms with E-state index in [0.717, 1.165) is 0 Å². The van der Waals surface area contributed by atoms with Crippen LogP contribution in [-0.2, 0) is 0 Å². The predicted octanol–water partition coefficient (Wildman–Crippen LogP) is 15.7. The monoisotopic (exact) mass is 752 g/mol. The largest absolute Gasteiger partial charge is 0.354 e. The zero-order valence-corrected chi connectivity index (χ0v) is 35.6. The first-order chi connectivity index (χ1) is 27.9. The Morgan fingerprint density at radius 2 is 0.966 bits per heavy atom. The fourth-order valence-corrected chi connectivity index (χ4v) is 11.1. The second-order valence-corrected chi connectivity index (χ2v) is 18.2. The summed E-state index contributed by atoms with van der Waals surface area (Å²) in [5.41, 5.74) is 28.7. The van der Waals surface area contributed by atoms with Gasteiger partial charge in [-0.05, 0) is 203 Å². The predicted molar refractivity (Wildman–Crippen MR) is 249 cm³/mol. The van der Waals surface area contributed by atoms with E-state index in [4.69, 9.17) is 0 Å². The van der Waals surface area contributed by atoms with E-state index in [-0.39, 0.29) is 0 Å². The van der Waals surface area contributed by atoms with Crippen LogP contribution in [0.2, 0.25) is 0 Å². The molecule has 0 bridgehead atoms. The summed E-state index contributed by atoms with van der Waals surface area (Å²) in [4.78, 5) is 4.02. The van der Waals surface area contributed by atoms with Crippen LogP contribution in [0.1, 0.15) is 107 Å². The summed E-state index contributed by atoms with van der Waals surface area (Å²) in [7, 11) is 0. The van der Waals surface area contributed by atoms with Crippen molar-refractivity contribution in [2.24, 2.45) is 0 Å². The topological polar surface area (TPSA) is 20.7 Å². The second kappa shape index (κ2) is 12.3. The molecule has 2 aliphatic carbocycles. The Balaban J connectivity index is 1.22. The maximum Gasteiger partial charge on any atom is 0.0582 e. The Kier molecular flexibility index (Phi) is 7.50. The van der Waals surface area contributed by atoms with Crippen molar-refractivity contribution in [2.75, 3.05) is 0 Å². The van der Waals surface area contributed by atoms with Gasteiger partial charge in [0.05, 0.1) is 16.6 Å². The van der Waals surface area contributed by atoms with Gasteiger partial charge in [0.15, 0.2) is 0 Å². The number of fused-ring (bicyclic) bond motifs is 8. The van der Waals surface area contributed by atoms with Gasteiger partial charge >= 0.3 is 0 Å². The van der Waals surface area contributed by atoms with E-state index >= 15 is 0 Å². The molecule has 0 radical (unpaired) electrons. The molecular formula is C56H52N2. The van der Waals surface area contributed by atoms with Crippen LogP contribution in [0.15, 0.2) is 103 Å². The molecule has 2 heteroatoms. The van der Waals surface area contributed by atoms with Gasteiger partial charge in [-0.25, -0.2) is 0 Å². The number of aryl methyl sites for hydroxylation is 4. The number of rotatable bonds is 3. The highest BCUT2D eigenvalue weighted by atomic mass is 15.0. The minimum atomic E-state index is 0.323. The maximum absolute atomic E-state index is 4.02. The van der Waals surface area contributed by atoms with Crippen molar-refractivity contribution in [1.29, 1.82) is 0 Å². The minimum absolute atomic E-state index is 0.323. The van der Waals surface area contributed by atoms with Crippen LogP contribution in [0.25, 0.3) is 82.7 Å². The third-order valence-corrected chi connectivity index (χ3v) is 15.3. The first kappa shape index (κ1) is 35.3. The smallest absolute Gasteiger partial charge is 0.0582 e. The average Bonchev–Trinajstić information content (AvgIpc) is 3.76. The summed E-state index contributed by atoms with van der Waals surface area (Å²) < 4.78 is 2.59. The number of hydrogen-bond donors (Lipinski definition) is 1. The van der Waals surface area contributed by atoms with Crippen molar-refractivity contribution in [3.05, 3.63) is 159 Å². The number of nitrogens with one attached hydrogen (secondary N) is 1. The quantitative estimate of drug-likeness (QED) is 0.186. The van der Waals surface area contributed by atoms with Crippen LogP contribution in [0, 0.1) is 41.5 Å². The average molecular weight is 753 g/mol. The fraction of sp³-hybridized carbons (Fsp3) is 0.250. The van der Waals surface area contributed by atoms with Crippen molar-refractivity contribution in [1.82, 2.24) is 9.55 Å². The zero-order valence-electron chi connectivity index (χ0n) is 35.6. The summed E-state index contributed by atoms with van der Waals surface area (Å²) >= 11 is 0. The number of aromatic amines is 1. The Bertz CT molecular complexity index is 3190. The van der Waals surface area contributed by atoms with E-state index in [2.05, 4.69) is 182 Å². The lowest BCUT2D eigenvalue weighted by atomic mass is 9.62. The van der Waals surface area contributed by atoms with Crippen LogP contribution in [0.3, 0.4) is 0 Å². The van der Waals surface area contributed by atoms with Gasteiger partial charge in [-0.15, -0.1) is 0 Å². The Morgan fingerprint density at radius 3 is 1.57 bits per heavy atom. The molecule has 7 aromatic carbocycles. The molecule has 0 aliphatic heterocycles. The van der Waals surface area contributed by atoms with Gasteiger partial charge < -0.3 is 9.55 Å². The van der Waals surface area contributed by atoms with Crippen LogP contribution in [-0.4, -0.2) is 9.55 Å². The number of aromatic nitrogens is 2. The van der Waals surface area contributed by atoms with E-state index in [1.807, 2.05) is 0 Å². The van der Waals surface area contributed by atoms with Crippen LogP contribution < -0.4 is 0 Å². The molecule has 11 rings (SSSR count). The molecule has 0 fully saturated rings. The summed E-state index contributed by atoms with van der Waals surface area (Å²) in [5, 5.41) is 5.40. The molecule has 286 valence electrons. The molecule has 0 spiro atoms. The Labute approximate surface area is 342 Å². The first-order valence-corrected chi connectivity index (χ1v) is 21.4. The second-order valence-electron chi connectivity index (χ2n) is 18.2. The highest BCUT2D eigenvalue weighted by molar-refractivity contribution is 6.16. The third kappa shape index (κ3) is 4.72. The summed E-state index contributed by atoms with van der Waals surface area (Å²) in [5.74, 6) is 1.37. The molecule has 4 unspecified atom stereocenters. The summed E-state index contributed by atoms with van der Waals surface area (Å²) in [6.45, 7) is 23.4. The van der Waals surface area contributed by atoms with E-state index < -0.39 is 0 Å². The van der Waals surface area contributed by atoms with E-state index in [1.54, 1.807) is 0 Å². The van der Waals surface area contributed by atoms with Gasteiger partial charge in [-0.2, -0.15) is 0 Å². The fourth-order valence-electron chi connectivity index (χ4n) is 11.1. The highest BCUT2D eigenvalue weighted by Crippen LogP contribution is 2.61. The lowest BCUT2D eigenvalue weighted by Gasteiger charge is -2.41. The molecule has 2 aromatic heterocycles. The summed E-state index contributed by atoms with van der Waals surface area (Å²) in [6.07, 6.45) is 0. The molecule has 0 saturated carbocycles. The third-order valence-electron chi connectivity index (χ3n) is 15.3. The van der Waals surface area contributed by atoms with Crippen molar-refractivity contribution >= 4 is 43.6 Å². The minimum Gasteiger partial charge on any atom is -0.354 e. The van der Waals surface area contributed by atoms with Gasteiger partial charge in [0.25, 0.3) is 0 Å². The summed E-state index contributed by atoms with van der Waals surface area (Å²) in [6, 6.07) is 40.0. The van der Waals surface area contributed by atoms with Gasteiger partial charge in [0.2, 0.25) is 0 Å². The number of benzene rings is 7. The van der Waals surface area contributed by atoms with Crippen molar-refractivity contribution in [3.63, 3.8) is 0 Å². The molecule has 2 nitrogen and oxygen atoms in total. The maximum atomic E-state index is 4.02. The lowest BCUT2D eigenvalue weighted by molar-refractivity contribution is 0.585. The molecule has 0 amide bonds. The molecular weight excluding hydrogens is 701 g/mol. The zero-order chi connectivity index (χ0) is 40.0. The Hall–Kier alpha value is -5.86. The number of nitrogens with zero attached hydrogens (tertiary/aromatic N) is 1. The van der Waals surface area contributed by atoms with E-state index in [9.17, 15) is 0 Å². The standard InChI is InChI=1S/C56H52N2/c1-28-20-40(21-29(2)32(28)5)38-16-18-49-45(24-38)47-26-43-35(8)37(10)52-54-44(34(7)36(9)51(53(43)54)55(47)57-49)27-48-46-25-39(41-22-30(3)33(6)31(4)23-41)17-19-50(46)58(56(48)52)42-14-12-11-13-15-42/h11-27,34-37,57H,1-10H3. The lowest BCUT2D eigenvalue weighted by Crippen LogP contribution is -2.23. The molecule has 58 heavy (non-hydrogen) atoms. The van der Waals surface area contributed by atoms with Crippen LogP contribution in [0.4, 0.5) is 0 Å². The number of para-hydroxylation sites is 1. The van der Waals surface area contributed by atoms with Crippen molar-refractivity contribution < 1.29 is 0 Å². The van der Waals surface area contributed by atoms with Gasteiger partial charge in [-0.1, -0.05) is 82.3 Å². The molecule has 2 heterocycles. The molecule has 2 aliphatic rings. The van der Waals surface area contributed by atoms with Crippen molar-refractivity contribution in [2.45, 2.75) is 92.9 Å². The van der Waals surface area contributed by atoms with E-state index in [1.165, 1.54) is 138 Å². The number of H-pyrrole nitrogens is 1. The molecule has 4 atom stereocenters. The van der Waals surface area contributed by atoms with Crippen molar-refractivity contribution in [3.8, 4) is 39.1 Å². The Morgan fingerprint density at radius 1 is 0.448 bits per heavy atom. The van der Waals surface area contributed by atoms with E-state index in [0.29, 0.717) is 23.7 Å². The van der Waals surface area contributed by atoms with Crippen LogP contribution >= 0.6 is 0 Å². The molecule has 1 N–H and O–H groups in total. The molecule has 0 saturated heterocycles. The number of hydrogen-bond acceptors (Lipinski definition) is 0. The van der Waals surface area contributed by atoms with Gasteiger partial charge in [0, 0.05) is 32.7 Å². The highest BCUT2D eigenvalue weighted by Gasteiger charge is 2.41. The normalized spacial score (nSPS) is 18.5. The first-order valence-electron chi connectivity index (χ1n) is 21.4.